The van der Waals surface area contributed by atoms with E-state index in [0.717, 1.165) is 25.3 Å². The zero-order valence-electron chi connectivity index (χ0n) is 7.35. The lowest BCUT2D eigenvalue weighted by Crippen LogP contribution is -2.43. The van der Waals surface area contributed by atoms with Crippen LogP contribution >= 0.6 is 0 Å². The molecular formula is C8H9BF3O-. The van der Waals surface area contributed by atoms with E-state index < -0.39 is 12.7 Å². The Morgan fingerprint density at radius 2 is 1.92 bits per heavy atom. The Balaban J connectivity index is 3.16. The predicted octanol–water partition coefficient (Wildman–Crippen LogP) is 1.87. The molecule has 0 aromatic heterocycles. The van der Waals surface area contributed by atoms with E-state index in [4.69, 9.17) is 0 Å². The van der Waals surface area contributed by atoms with Gasteiger partial charge in [-0.2, -0.15) is 0 Å². The fraction of sp³-hybridized carbons (Fsp3) is 0.250. The summed E-state index contributed by atoms with van der Waals surface area (Å²) in [4.78, 5) is 0. The summed E-state index contributed by atoms with van der Waals surface area (Å²) >= 11 is 0. The van der Waals surface area contributed by atoms with Crippen molar-refractivity contribution in [3.8, 4) is 0 Å². The summed E-state index contributed by atoms with van der Waals surface area (Å²) in [6, 6.07) is 3.11. The van der Waals surface area contributed by atoms with Crippen LogP contribution in [-0.2, 0) is 4.65 Å². The fourth-order valence-electron chi connectivity index (χ4n) is 1.14. The van der Waals surface area contributed by atoms with Crippen molar-refractivity contribution in [2.45, 2.75) is 6.92 Å². The minimum absolute atomic E-state index is 0.201. The molecule has 1 nitrogen and oxygen atoms in total. The molecule has 0 heterocycles. The molecule has 5 heteroatoms. The van der Waals surface area contributed by atoms with Gasteiger partial charge in [0.2, 0.25) is 0 Å². The summed E-state index contributed by atoms with van der Waals surface area (Å²) in [5.41, 5.74) is -0.0456. The summed E-state index contributed by atoms with van der Waals surface area (Å²) < 4.78 is 42.6. The van der Waals surface area contributed by atoms with Crippen LogP contribution in [0.2, 0.25) is 0 Å². The van der Waals surface area contributed by atoms with Crippen LogP contribution in [0.3, 0.4) is 0 Å². The van der Waals surface area contributed by atoms with Crippen LogP contribution < -0.4 is 5.46 Å². The Bertz CT molecular complexity index is 314. The molecule has 72 valence electrons. The van der Waals surface area contributed by atoms with Crippen molar-refractivity contribution in [1.29, 1.82) is 0 Å². The van der Waals surface area contributed by atoms with Crippen molar-refractivity contribution in [3.05, 3.63) is 29.6 Å². The quantitative estimate of drug-likeness (QED) is 0.645. The van der Waals surface area contributed by atoms with E-state index in [1.54, 1.807) is 0 Å². The number of rotatable bonds is 2. The lowest BCUT2D eigenvalue weighted by Gasteiger charge is -2.24. The molecule has 0 bridgehead atoms. The number of aryl methyl sites for hydroxylation is 1. The molecule has 13 heavy (non-hydrogen) atoms. The van der Waals surface area contributed by atoms with Crippen LogP contribution in [0.1, 0.15) is 5.56 Å². The van der Waals surface area contributed by atoms with Crippen molar-refractivity contribution in [3.63, 3.8) is 0 Å². The van der Waals surface area contributed by atoms with Gasteiger partial charge in [0.15, 0.2) is 0 Å². The predicted molar refractivity (Wildman–Crippen MR) is 45.8 cm³/mol. The molecule has 0 saturated carbocycles. The maximum Gasteiger partial charge on any atom is 0.476 e. The van der Waals surface area contributed by atoms with Crippen LogP contribution in [0.25, 0.3) is 0 Å². The minimum atomic E-state index is -4.00. The van der Waals surface area contributed by atoms with E-state index in [1.807, 2.05) is 0 Å². The Hall–Kier alpha value is -0.965. The molecule has 0 spiro atoms. The van der Waals surface area contributed by atoms with Crippen molar-refractivity contribution in [1.82, 2.24) is 0 Å². The fourth-order valence-corrected chi connectivity index (χ4v) is 1.14. The summed E-state index contributed by atoms with van der Waals surface area (Å²) in [6.45, 7) is -2.57. The van der Waals surface area contributed by atoms with Gasteiger partial charge in [0, 0.05) is 0 Å². The maximum absolute atomic E-state index is 13.0. The first-order chi connectivity index (χ1) is 5.97. The molecule has 0 N–H and O–H groups in total. The topological polar surface area (TPSA) is 9.23 Å². The third kappa shape index (κ3) is 2.04. The number of halogens is 3. The van der Waals surface area contributed by atoms with Crippen molar-refractivity contribution >= 4 is 12.4 Å². The van der Waals surface area contributed by atoms with E-state index in [1.165, 1.54) is 6.92 Å². The van der Waals surface area contributed by atoms with Gasteiger partial charge in [0.05, 0.1) is 0 Å². The van der Waals surface area contributed by atoms with Gasteiger partial charge in [-0.3, -0.25) is 0 Å². The van der Waals surface area contributed by atoms with Crippen LogP contribution in [0, 0.1) is 12.7 Å². The van der Waals surface area contributed by atoms with E-state index in [2.05, 4.69) is 4.65 Å². The molecule has 0 saturated heterocycles. The highest BCUT2D eigenvalue weighted by molar-refractivity contribution is 6.74. The average Bonchev–Trinajstić information content (AvgIpc) is 2.03. The van der Waals surface area contributed by atoms with Gasteiger partial charge >= 0.3 is 6.90 Å². The SMILES string of the molecule is CO[B-](F)(F)c1ccc(F)cc1C. The average molecular weight is 189 g/mol. The molecule has 0 aliphatic heterocycles. The molecule has 1 aromatic carbocycles. The normalized spacial score (nSPS) is 11.8. The third-order valence-electron chi connectivity index (χ3n) is 1.89. The lowest BCUT2D eigenvalue weighted by molar-refractivity contribution is 0.303. The smallest absolute Gasteiger partial charge is 0.476 e. The summed E-state index contributed by atoms with van der Waals surface area (Å²) in [7, 11) is 0.933. The molecule has 1 rings (SSSR count). The zero-order chi connectivity index (χ0) is 10.1. The van der Waals surface area contributed by atoms with Gasteiger partial charge in [-0.15, -0.1) is 5.46 Å². The largest absolute Gasteiger partial charge is 0.537 e. The van der Waals surface area contributed by atoms with Crippen molar-refractivity contribution < 1.29 is 17.7 Å². The standard InChI is InChI=1S/C8H9BF3O/c1-6-5-7(10)3-4-8(6)9(11,12)13-2/h3-5H,1-2H3/q-1. The lowest BCUT2D eigenvalue weighted by atomic mass is 9.74. The summed E-state index contributed by atoms with van der Waals surface area (Å²) in [6.07, 6.45) is 0. The molecule has 0 amide bonds. The van der Waals surface area contributed by atoms with Crippen LogP contribution in [0.15, 0.2) is 18.2 Å². The number of benzene rings is 1. The Kier molecular flexibility index (Phi) is 2.66. The van der Waals surface area contributed by atoms with Crippen molar-refractivity contribution in [2.75, 3.05) is 7.11 Å². The highest BCUT2D eigenvalue weighted by atomic mass is 19.3. The number of hydrogen-bond donors (Lipinski definition) is 0. The highest BCUT2D eigenvalue weighted by Gasteiger charge is 2.27. The van der Waals surface area contributed by atoms with Crippen molar-refractivity contribution in [2.24, 2.45) is 0 Å². The molecule has 0 unspecified atom stereocenters. The van der Waals surface area contributed by atoms with E-state index in [9.17, 15) is 13.0 Å². The Morgan fingerprint density at radius 3 is 2.38 bits per heavy atom. The Morgan fingerprint density at radius 1 is 1.31 bits per heavy atom. The maximum atomic E-state index is 13.0. The van der Waals surface area contributed by atoms with Gasteiger partial charge in [-0.1, -0.05) is 11.6 Å². The molecule has 0 aliphatic carbocycles. The Labute approximate surface area is 74.6 Å². The van der Waals surface area contributed by atoms with Crippen LogP contribution in [-0.4, -0.2) is 14.0 Å². The first-order valence-corrected chi connectivity index (χ1v) is 3.80. The molecule has 0 aliphatic rings. The van der Waals surface area contributed by atoms with E-state index in [-0.39, 0.29) is 11.0 Å². The molecule has 0 atom stereocenters. The molecule has 0 radical (unpaired) electrons. The van der Waals surface area contributed by atoms with E-state index >= 15 is 0 Å². The van der Waals surface area contributed by atoms with Gasteiger partial charge in [-0.05, 0) is 26.2 Å². The number of hydrogen-bond acceptors (Lipinski definition) is 1. The first-order valence-electron chi connectivity index (χ1n) is 3.80. The summed E-state index contributed by atoms with van der Waals surface area (Å²) in [5.74, 6) is -0.524. The third-order valence-corrected chi connectivity index (χ3v) is 1.89. The second-order valence-corrected chi connectivity index (χ2v) is 2.83. The molecular weight excluding hydrogens is 180 g/mol. The minimum Gasteiger partial charge on any atom is -0.537 e. The van der Waals surface area contributed by atoms with Gasteiger partial charge in [0.1, 0.15) is 5.82 Å². The van der Waals surface area contributed by atoms with E-state index in [0.29, 0.717) is 0 Å². The molecule has 1 aromatic rings. The second kappa shape index (κ2) is 3.42. The monoisotopic (exact) mass is 189 g/mol. The first kappa shape index (κ1) is 10.1. The van der Waals surface area contributed by atoms with Crippen LogP contribution in [0.5, 0.6) is 0 Å². The van der Waals surface area contributed by atoms with Gasteiger partial charge < -0.3 is 13.3 Å². The van der Waals surface area contributed by atoms with Gasteiger partial charge in [-0.25, -0.2) is 4.39 Å². The highest BCUT2D eigenvalue weighted by Crippen LogP contribution is 2.11. The summed E-state index contributed by atoms with van der Waals surface area (Å²) in [5, 5.41) is 0. The van der Waals surface area contributed by atoms with Gasteiger partial charge in [0.25, 0.3) is 0 Å². The second-order valence-electron chi connectivity index (χ2n) is 2.83. The molecule has 0 fully saturated rings. The zero-order valence-corrected chi connectivity index (χ0v) is 7.35. The van der Waals surface area contributed by atoms with Crippen LogP contribution in [0.4, 0.5) is 13.0 Å².